The van der Waals surface area contributed by atoms with Crippen molar-refractivity contribution >= 4 is 0 Å². The average Bonchev–Trinajstić information content (AvgIpc) is 2.52. The Labute approximate surface area is 99.0 Å². The molecule has 92 valence electrons. The normalized spacial score (nSPS) is 15.1. The minimum Gasteiger partial charge on any atom is -0.467 e. The van der Waals surface area contributed by atoms with E-state index in [9.17, 15) is 0 Å². The summed E-state index contributed by atoms with van der Waals surface area (Å²) in [5, 5.41) is 0. The Morgan fingerprint density at radius 3 is 2.19 bits per heavy atom. The Bertz CT molecular complexity index is 298. The fraction of sp³-hybridized carbons (Fsp3) is 0.714. The van der Waals surface area contributed by atoms with Crippen LogP contribution >= 0.6 is 0 Å². The van der Waals surface area contributed by atoms with Gasteiger partial charge in [0, 0.05) is 0 Å². The maximum absolute atomic E-state index is 6.02. The molecule has 0 aromatic carbocycles. The number of rotatable bonds is 3. The first-order valence-electron chi connectivity index (χ1n) is 5.85. The quantitative estimate of drug-likeness (QED) is 0.757. The van der Waals surface area contributed by atoms with Gasteiger partial charge >= 0.3 is 0 Å². The van der Waals surface area contributed by atoms with Crippen molar-refractivity contribution < 1.29 is 9.15 Å². The van der Waals surface area contributed by atoms with Crippen LogP contribution in [0.1, 0.15) is 53.4 Å². The second-order valence-corrected chi connectivity index (χ2v) is 6.63. The maximum atomic E-state index is 6.02. The monoisotopic (exact) mass is 224 g/mol. The summed E-state index contributed by atoms with van der Waals surface area (Å²) >= 11 is 0. The molecule has 1 atom stereocenters. The lowest BCUT2D eigenvalue weighted by Gasteiger charge is -2.31. The van der Waals surface area contributed by atoms with Gasteiger partial charge in [-0.3, -0.25) is 0 Å². The van der Waals surface area contributed by atoms with Crippen LogP contribution < -0.4 is 0 Å². The third kappa shape index (κ3) is 4.01. The third-order valence-corrected chi connectivity index (χ3v) is 2.27. The molecule has 2 nitrogen and oxygen atoms in total. The van der Waals surface area contributed by atoms with Crippen molar-refractivity contribution in [1.29, 1.82) is 0 Å². The first-order valence-corrected chi connectivity index (χ1v) is 5.85. The first kappa shape index (κ1) is 13.3. The van der Waals surface area contributed by atoms with Crippen LogP contribution in [0.25, 0.3) is 0 Å². The summed E-state index contributed by atoms with van der Waals surface area (Å²) in [6, 6.07) is 3.90. The molecular weight excluding hydrogens is 200 g/mol. The van der Waals surface area contributed by atoms with Gasteiger partial charge in [0.25, 0.3) is 0 Å². The second kappa shape index (κ2) is 4.62. The molecule has 0 saturated heterocycles. The molecule has 0 spiro atoms. The lowest BCUT2D eigenvalue weighted by molar-refractivity contribution is -0.0603. The van der Waals surface area contributed by atoms with Crippen LogP contribution in [0.15, 0.2) is 22.8 Å². The molecule has 0 fully saturated rings. The molecule has 1 rings (SSSR count). The van der Waals surface area contributed by atoms with Crippen LogP contribution in [0.4, 0.5) is 0 Å². The van der Waals surface area contributed by atoms with E-state index in [4.69, 9.17) is 9.15 Å². The maximum Gasteiger partial charge on any atom is 0.133 e. The van der Waals surface area contributed by atoms with Crippen LogP contribution in [0.5, 0.6) is 0 Å². The van der Waals surface area contributed by atoms with Gasteiger partial charge in [0.2, 0.25) is 0 Å². The van der Waals surface area contributed by atoms with Crippen molar-refractivity contribution in [2.24, 2.45) is 10.8 Å². The molecule has 0 saturated carbocycles. The zero-order valence-electron chi connectivity index (χ0n) is 11.3. The van der Waals surface area contributed by atoms with E-state index in [1.807, 2.05) is 12.1 Å². The Hall–Kier alpha value is -0.760. The molecular formula is C14H24O2. The van der Waals surface area contributed by atoms with Gasteiger partial charge < -0.3 is 9.15 Å². The predicted molar refractivity (Wildman–Crippen MR) is 66.3 cm³/mol. The lowest BCUT2D eigenvalue weighted by atomic mass is 9.87. The van der Waals surface area contributed by atoms with Crippen LogP contribution in [0.2, 0.25) is 0 Å². The van der Waals surface area contributed by atoms with Gasteiger partial charge in [-0.15, -0.1) is 0 Å². The van der Waals surface area contributed by atoms with Crippen LogP contribution in [-0.2, 0) is 4.74 Å². The zero-order valence-corrected chi connectivity index (χ0v) is 11.3. The Morgan fingerprint density at radius 2 is 1.81 bits per heavy atom. The highest BCUT2D eigenvalue weighted by Gasteiger charge is 2.30. The summed E-state index contributed by atoms with van der Waals surface area (Å²) in [6.45, 7) is 13.8. The van der Waals surface area contributed by atoms with Gasteiger partial charge in [-0.2, -0.15) is 0 Å². The summed E-state index contributed by atoms with van der Waals surface area (Å²) in [5.74, 6) is 0.914. The fourth-order valence-corrected chi connectivity index (χ4v) is 1.53. The van der Waals surface area contributed by atoms with Crippen LogP contribution in [0.3, 0.4) is 0 Å². The smallest absolute Gasteiger partial charge is 0.133 e. The number of hydrogen-bond acceptors (Lipinski definition) is 2. The van der Waals surface area contributed by atoms with Crippen molar-refractivity contribution in [2.75, 3.05) is 6.61 Å². The Morgan fingerprint density at radius 1 is 1.19 bits per heavy atom. The molecule has 1 aromatic heterocycles. The zero-order chi connectivity index (χ0) is 12.4. The van der Waals surface area contributed by atoms with Crippen molar-refractivity contribution in [3.63, 3.8) is 0 Å². The van der Waals surface area contributed by atoms with E-state index in [1.54, 1.807) is 6.26 Å². The van der Waals surface area contributed by atoms with E-state index >= 15 is 0 Å². The molecule has 1 aromatic rings. The Balaban J connectivity index is 2.75. The minimum atomic E-state index is 0.0155. The summed E-state index contributed by atoms with van der Waals surface area (Å²) in [5.41, 5.74) is 0.221. The molecule has 0 aliphatic carbocycles. The minimum absolute atomic E-state index is 0.0155. The molecule has 0 bridgehead atoms. The third-order valence-electron chi connectivity index (χ3n) is 2.27. The Kier molecular flexibility index (Phi) is 3.84. The van der Waals surface area contributed by atoms with E-state index in [2.05, 4.69) is 41.5 Å². The highest BCUT2D eigenvalue weighted by Crippen LogP contribution is 2.37. The molecule has 0 radical (unpaired) electrons. The van der Waals surface area contributed by atoms with E-state index in [-0.39, 0.29) is 16.9 Å². The summed E-state index contributed by atoms with van der Waals surface area (Å²) in [4.78, 5) is 0. The highest BCUT2D eigenvalue weighted by atomic mass is 16.5. The molecule has 0 aliphatic heterocycles. The fourth-order valence-electron chi connectivity index (χ4n) is 1.53. The standard InChI is InChI=1S/C14H24O2/c1-13(2,3)10-16-12(14(4,5)6)11-8-7-9-15-11/h7-9,12H,10H2,1-6H3. The molecule has 16 heavy (non-hydrogen) atoms. The summed E-state index contributed by atoms with van der Waals surface area (Å²) in [6.07, 6.45) is 1.72. The molecule has 0 aliphatic rings. The number of ether oxygens (including phenoxy) is 1. The van der Waals surface area contributed by atoms with E-state index in [1.165, 1.54) is 0 Å². The van der Waals surface area contributed by atoms with Gasteiger partial charge in [-0.05, 0) is 23.0 Å². The lowest BCUT2D eigenvalue weighted by Crippen LogP contribution is -2.25. The van der Waals surface area contributed by atoms with Crippen molar-refractivity contribution in [3.8, 4) is 0 Å². The van der Waals surface area contributed by atoms with Gasteiger partial charge in [0.05, 0.1) is 12.9 Å². The highest BCUT2D eigenvalue weighted by molar-refractivity contribution is 5.05. The van der Waals surface area contributed by atoms with Gasteiger partial charge in [0.1, 0.15) is 11.9 Å². The largest absolute Gasteiger partial charge is 0.467 e. The van der Waals surface area contributed by atoms with E-state index < -0.39 is 0 Å². The SMILES string of the molecule is CC(C)(C)COC(c1ccco1)C(C)(C)C. The molecule has 0 N–H and O–H groups in total. The van der Waals surface area contributed by atoms with Crippen molar-refractivity contribution in [2.45, 2.75) is 47.6 Å². The summed E-state index contributed by atoms with van der Waals surface area (Å²) < 4.78 is 11.5. The average molecular weight is 224 g/mol. The van der Waals surface area contributed by atoms with Gasteiger partial charge in [0.15, 0.2) is 0 Å². The van der Waals surface area contributed by atoms with Gasteiger partial charge in [-0.25, -0.2) is 0 Å². The second-order valence-electron chi connectivity index (χ2n) is 6.63. The van der Waals surface area contributed by atoms with E-state index in [0.717, 1.165) is 12.4 Å². The van der Waals surface area contributed by atoms with Crippen LogP contribution in [0, 0.1) is 10.8 Å². The van der Waals surface area contributed by atoms with Gasteiger partial charge in [-0.1, -0.05) is 41.5 Å². The molecule has 2 heteroatoms. The number of hydrogen-bond donors (Lipinski definition) is 0. The topological polar surface area (TPSA) is 22.4 Å². The number of furan rings is 1. The predicted octanol–water partition coefficient (Wildman–Crippen LogP) is 4.43. The van der Waals surface area contributed by atoms with Crippen molar-refractivity contribution in [1.82, 2.24) is 0 Å². The summed E-state index contributed by atoms with van der Waals surface area (Å²) in [7, 11) is 0. The van der Waals surface area contributed by atoms with Crippen LogP contribution in [-0.4, -0.2) is 6.61 Å². The molecule has 0 amide bonds. The molecule has 1 unspecified atom stereocenters. The van der Waals surface area contributed by atoms with E-state index in [0.29, 0.717) is 0 Å². The van der Waals surface area contributed by atoms with Crippen molar-refractivity contribution in [3.05, 3.63) is 24.2 Å². The first-order chi connectivity index (χ1) is 7.20. The molecule has 1 heterocycles.